The summed E-state index contributed by atoms with van der Waals surface area (Å²) < 4.78 is 31.8. The number of nitrogens with one attached hydrogen (secondary N) is 1. The van der Waals surface area contributed by atoms with Crippen molar-refractivity contribution in [2.45, 2.75) is 30.9 Å². The second kappa shape index (κ2) is 9.15. The fraction of sp³-hybridized carbons (Fsp3) is 0.375. The highest BCUT2D eigenvalue weighted by molar-refractivity contribution is 7.91. The predicted octanol–water partition coefficient (Wildman–Crippen LogP) is 3.14. The quantitative estimate of drug-likeness (QED) is 0.532. The lowest BCUT2D eigenvalue weighted by Gasteiger charge is -2.39. The van der Waals surface area contributed by atoms with Crippen LogP contribution in [0.3, 0.4) is 0 Å². The molecule has 1 saturated heterocycles. The number of aryl methyl sites for hydroxylation is 1. The van der Waals surface area contributed by atoms with Gasteiger partial charge in [0.1, 0.15) is 0 Å². The highest BCUT2D eigenvalue weighted by atomic mass is 32.2. The molecule has 0 saturated carbocycles. The molecule has 1 amide bonds. The first-order valence-corrected chi connectivity index (χ1v) is 12.2. The van der Waals surface area contributed by atoms with Gasteiger partial charge in [0.05, 0.1) is 0 Å². The molecule has 2 aliphatic heterocycles. The van der Waals surface area contributed by atoms with E-state index >= 15 is 0 Å². The fourth-order valence-electron chi connectivity index (χ4n) is 4.59. The van der Waals surface area contributed by atoms with Crippen LogP contribution in [0.25, 0.3) is 16.7 Å². The van der Waals surface area contributed by atoms with Gasteiger partial charge in [-0.1, -0.05) is 54.6 Å². The maximum Gasteiger partial charge on any atom is 0.266 e. The first kappa shape index (κ1) is 22.7. The summed E-state index contributed by atoms with van der Waals surface area (Å²) in [5, 5.41) is 9.20. The molecule has 0 unspecified atom stereocenters. The summed E-state index contributed by atoms with van der Waals surface area (Å²) >= 11 is 0. The second-order valence-electron chi connectivity index (χ2n) is 8.29. The number of carbonyl (C=O) groups excluding carboxylic acids is 1. The summed E-state index contributed by atoms with van der Waals surface area (Å²) in [6.45, 7) is 2.88. The van der Waals surface area contributed by atoms with Crippen LogP contribution in [0.4, 0.5) is 0 Å². The summed E-state index contributed by atoms with van der Waals surface area (Å²) in [4.78, 5) is 12.4. The summed E-state index contributed by atoms with van der Waals surface area (Å²) in [7, 11) is -3.98. The number of ether oxygens (including phenoxy) is 1. The average Bonchev–Trinajstić information content (AvgIpc) is 2.84. The number of benzene rings is 2. The van der Waals surface area contributed by atoms with E-state index in [4.69, 9.17) is 4.74 Å². The van der Waals surface area contributed by atoms with Gasteiger partial charge >= 0.3 is 0 Å². The molecule has 7 nitrogen and oxygen atoms in total. The Morgan fingerprint density at radius 3 is 2.41 bits per heavy atom. The van der Waals surface area contributed by atoms with Crippen molar-refractivity contribution in [3.05, 3.63) is 65.7 Å². The molecule has 2 aliphatic rings. The highest BCUT2D eigenvalue weighted by Gasteiger charge is 2.54. The summed E-state index contributed by atoms with van der Waals surface area (Å²) in [5.74, 6) is -0.886. The molecule has 2 N–H and O–H groups in total. The number of nitrogens with zero attached hydrogens (tertiary/aromatic N) is 1. The summed E-state index contributed by atoms with van der Waals surface area (Å²) in [5.41, 5.74) is 7.22. The van der Waals surface area contributed by atoms with E-state index in [9.17, 15) is 18.4 Å². The van der Waals surface area contributed by atoms with E-state index in [1.165, 1.54) is 9.87 Å². The molecular formula is C24H28N2O5S. The Labute approximate surface area is 188 Å². The van der Waals surface area contributed by atoms with Crippen LogP contribution in [0.2, 0.25) is 0 Å². The SMILES string of the molecule is Cc1cc(C2=CCN(S(=O)(=O)C3(C(=O)NO)CCOCC3)CC2)ccc1-c1ccccc1. The molecular weight excluding hydrogens is 428 g/mol. The van der Waals surface area contributed by atoms with Crippen LogP contribution >= 0.6 is 0 Å². The molecule has 0 spiro atoms. The second-order valence-corrected chi connectivity index (χ2v) is 10.5. The van der Waals surface area contributed by atoms with E-state index in [1.54, 1.807) is 5.48 Å². The number of rotatable bonds is 5. The zero-order chi connectivity index (χ0) is 22.8. The maximum absolute atomic E-state index is 13.4. The van der Waals surface area contributed by atoms with E-state index in [0.29, 0.717) is 6.42 Å². The largest absolute Gasteiger partial charge is 0.381 e. The van der Waals surface area contributed by atoms with Gasteiger partial charge in [-0.15, -0.1) is 0 Å². The van der Waals surface area contributed by atoms with Gasteiger partial charge in [0.15, 0.2) is 4.75 Å². The van der Waals surface area contributed by atoms with Gasteiger partial charge in [-0.3, -0.25) is 10.0 Å². The Morgan fingerprint density at radius 1 is 1.09 bits per heavy atom. The van der Waals surface area contributed by atoms with Crippen LogP contribution < -0.4 is 5.48 Å². The molecule has 0 radical (unpaired) electrons. The van der Waals surface area contributed by atoms with Crippen LogP contribution in [-0.2, 0) is 19.6 Å². The Morgan fingerprint density at radius 2 is 1.81 bits per heavy atom. The molecule has 2 aromatic rings. The molecule has 0 atom stereocenters. The maximum atomic E-state index is 13.4. The smallest absolute Gasteiger partial charge is 0.266 e. The molecule has 8 heteroatoms. The molecule has 1 fully saturated rings. The van der Waals surface area contributed by atoms with Gasteiger partial charge in [-0.25, -0.2) is 13.9 Å². The minimum absolute atomic E-state index is 0.0228. The monoisotopic (exact) mass is 456 g/mol. The zero-order valence-corrected chi connectivity index (χ0v) is 18.9. The highest BCUT2D eigenvalue weighted by Crippen LogP contribution is 2.35. The lowest BCUT2D eigenvalue weighted by atomic mass is 9.94. The van der Waals surface area contributed by atoms with E-state index < -0.39 is 20.7 Å². The zero-order valence-electron chi connectivity index (χ0n) is 18.1. The molecule has 0 aliphatic carbocycles. The Bertz CT molecular complexity index is 1120. The van der Waals surface area contributed by atoms with E-state index in [0.717, 1.165) is 22.3 Å². The van der Waals surface area contributed by atoms with Crippen LogP contribution in [0.15, 0.2) is 54.6 Å². The molecule has 0 bridgehead atoms. The molecule has 2 aromatic carbocycles. The van der Waals surface area contributed by atoms with E-state index in [2.05, 4.69) is 37.3 Å². The van der Waals surface area contributed by atoms with Crippen molar-refractivity contribution < 1.29 is 23.2 Å². The predicted molar refractivity (Wildman–Crippen MR) is 122 cm³/mol. The van der Waals surface area contributed by atoms with Crippen molar-refractivity contribution in [2.75, 3.05) is 26.3 Å². The average molecular weight is 457 g/mol. The van der Waals surface area contributed by atoms with Crippen molar-refractivity contribution in [3.8, 4) is 11.1 Å². The Kier molecular flexibility index (Phi) is 6.48. The number of hydrogen-bond donors (Lipinski definition) is 2. The normalized spacial score (nSPS) is 19.2. The molecule has 0 aromatic heterocycles. The number of hydroxylamine groups is 1. The number of amides is 1. The third-order valence-corrected chi connectivity index (χ3v) is 9.10. The fourth-order valence-corrected chi connectivity index (χ4v) is 6.65. The van der Waals surface area contributed by atoms with Crippen LogP contribution in [0, 0.1) is 6.92 Å². The van der Waals surface area contributed by atoms with Crippen molar-refractivity contribution >= 4 is 21.5 Å². The van der Waals surface area contributed by atoms with Gasteiger partial charge in [0.25, 0.3) is 5.91 Å². The minimum Gasteiger partial charge on any atom is -0.381 e. The molecule has 4 rings (SSSR count). The lowest BCUT2D eigenvalue weighted by molar-refractivity contribution is -0.134. The summed E-state index contributed by atoms with van der Waals surface area (Å²) in [6.07, 6.45) is 2.52. The van der Waals surface area contributed by atoms with Crippen LogP contribution in [0.5, 0.6) is 0 Å². The van der Waals surface area contributed by atoms with Crippen LogP contribution in [0.1, 0.15) is 30.4 Å². The van der Waals surface area contributed by atoms with E-state index in [-0.39, 0.29) is 39.1 Å². The van der Waals surface area contributed by atoms with Gasteiger partial charge in [-0.2, -0.15) is 4.31 Å². The Balaban J connectivity index is 1.56. The first-order valence-electron chi connectivity index (χ1n) is 10.8. The minimum atomic E-state index is -3.98. The number of carbonyl (C=O) groups is 1. The first-order chi connectivity index (χ1) is 15.4. The standard InChI is InChI=1S/C24H28N2O5S/c1-18-17-21(7-8-22(18)20-5-3-2-4-6-20)19-9-13-26(14-10-19)32(29,30)24(23(27)25-28)11-15-31-16-12-24/h2-9,17,28H,10-16H2,1H3,(H,25,27). The molecule has 170 valence electrons. The summed E-state index contributed by atoms with van der Waals surface area (Å²) in [6, 6.07) is 16.5. The van der Waals surface area contributed by atoms with Gasteiger partial charge in [-0.05, 0) is 41.2 Å². The van der Waals surface area contributed by atoms with E-state index in [1.807, 2.05) is 24.3 Å². The van der Waals surface area contributed by atoms with Crippen molar-refractivity contribution in [3.63, 3.8) is 0 Å². The molecule has 32 heavy (non-hydrogen) atoms. The van der Waals surface area contributed by atoms with Crippen LogP contribution in [-0.4, -0.2) is 54.9 Å². The van der Waals surface area contributed by atoms with Crippen molar-refractivity contribution in [2.24, 2.45) is 0 Å². The number of sulfonamides is 1. The topological polar surface area (TPSA) is 95.9 Å². The van der Waals surface area contributed by atoms with Crippen molar-refractivity contribution in [1.82, 2.24) is 9.79 Å². The van der Waals surface area contributed by atoms with Gasteiger partial charge in [0.2, 0.25) is 10.0 Å². The molecule has 2 heterocycles. The van der Waals surface area contributed by atoms with Crippen molar-refractivity contribution in [1.29, 1.82) is 0 Å². The van der Waals surface area contributed by atoms with Gasteiger partial charge in [0, 0.05) is 39.1 Å². The third-order valence-electron chi connectivity index (χ3n) is 6.50. The third kappa shape index (κ3) is 3.99. The number of hydrogen-bond acceptors (Lipinski definition) is 5. The lowest BCUT2D eigenvalue weighted by Crippen LogP contribution is -2.59. The Hall–Kier alpha value is -2.52. The van der Waals surface area contributed by atoms with Gasteiger partial charge < -0.3 is 4.74 Å².